The Labute approximate surface area is 116 Å². The lowest BCUT2D eigenvalue weighted by Gasteiger charge is -2.27. The summed E-state index contributed by atoms with van der Waals surface area (Å²) in [4.78, 5) is 8.68. The second-order valence-corrected chi connectivity index (χ2v) is 5.66. The van der Waals surface area contributed by atoms with Gasteiger partial charge in [-0.15, -0.1) is 0 Å². The summed E-state index contributed by atoms with van der Waals surface area (Å²) >= 11 is 0. The van der Waals surface area contributed by atoms with Crippen molar-refractivity contribution in [2.24, 2.45) is 5.92 Å². The highest BCUT2D eigenvalue weighted by Gasteiger charge is 2.23. The number of unbranched alkanes of at least 4 members (excludes halogenated alkanes) is 2. The van der Waals surface area contributed by atoms with Gasteiger partial charge in [-0.2, -0.15) is 5.26 Å². The smallest absolute Gasteiger partial charge is 0.131 e. The SMILES string of the molecule is CCCCCC1CCC(c2ncc(C#N)cn2)CC1. The van der Waals surface area contributed by atoms with Crippen LogP contribution in [-0.4, -0.2) is 9.97 Å². The van der Waals surface area contributed by atoms with Crippen molar-refractivity contribution in [1.29, 1.82) is 5.26 Å². The molecule has 1 heterocycles. The molecule has 102 valence electrons. The van der Waals surface area contributed by atoms with Crippen molar-refractivity contribution in [2.45, 2.75) is 64.2 Å². The molecule has 3 heteroatoms. The Balaban J connectivity index is 1.80. The van der Waals surface area contributed by atoms with Crippen LogP contribution in [0.15, 0.2) is 12.4 Å². The standard InChI is InChI=1S/C16H23N3/c1-2-3-4-5-13-6-8-15(9-7-13)16-18-11-14(10-17)12-19-16/h11-13,15H,2-9H2,1H3. The summed E-state index contributed by atoms with van der Waals surface area (Å²) in [6, 6.07) is 2.07. The molecule has 0 radical (unpaired) electrons. The first-order valence-electron chi connectivity index (χ1n) is 7.55. The van der Waals surface area contributed by atoms with E-state index in [0.717, 1.165) is 11.7 Å². The molecule has 2 rings (SSSR count). The molecule has 0 bridgehead atoms. The second kappa shape index (κ2) is 7.23. The lowest BCUT2D eigenvalue weighted by molar-refractivity contribution is 0.297. The van der Waals surface area contributed by atoms with Crippen molar-refractivity contribution in [3.8, 4) is 6.07 Å². The van der Waals surface area contributed by atoms with Crippen LogP contribution in [-0.2, 0) is 0 Å². The average Bonchev–Trinajstić information content (AvgIpc) is 2.48. The highest BCUT2D eigenvalue weighted by atomic mass is 14.9. The van der Waals surface area contributed by atoms with Crippen LogP contribution in [0.4, 0.5) is 0 Å². The van der Waals surface area contributed by atoms with E-state index in [2.05, 4.69) is 23.0 Å². The van der Waals surface area contributed by atoms with Gasteiger partial charge in [-0.25, -0.2) is 9.97 Å². The third-order valence-corrected chi connectivity index (χ3v) is 4.23. The molecule has 1 fully saturated rings. The van der Waals surface area contributed by atoms with Crippen molar-refractivity contribution >= 4 is 0 Å². The van der Waals surface area contributed by atoms with Crippen LogP contribution in [0, 0.1) is 17.2 Å². The van der Waals surface area contributed by atoms with Crippen LogP contribution in [0.1, 0.15) is 75.6 Å². The lowest BCUT2D eigenvalue weighted by atomic mass is 9.79. The highest BCUT2D eigenvalue weighted by Crippen LogP contribution is 2.36. The fourth-order valence-electron chi connectivity index (χ4n) is 3.00. The molecule has 19 heavy (non-hydrogen) atoms. The summed E-state index contributed by atoms with van der Waals surface area (Å²) in [5.41, 5.74) is 0.553. The molecule has 1 aliphatic carbocycles. The Kier molecular flexibility index (Phi) is 5.32. The van der Waals surface area contributed by atoms with E-state index in [-0.39, 0.29) is 0 Å². The van der Waals surface area contributed by atoms with Gasteiger partial charge >= 0.3 is 0 Å². The normalized spacial score (nSPS) is 22.9. The quantitative estimate of drug-likeness (QED) is 0.743. The van der Waals surface area contributed by atoms with E-state index in [1.165, 1.54) is 51.4 Å². The van der Waals surface area contributed by atoms with E-state index in [0.29, 0.717) is 11.5 Å². The summed E-state index contributed by atoms with van der Waals surface area (Å²) < 4.78 is 0. The van der Waals surface area contributed by atoms with Crippen LogP contribution >= 0.6 is 0 Å². The largest absolute Gasteiger partial charge is 0.240 e. The summed E-state index contributed by atoms with van der Waals surface area (Å²) in [5, 5.41) is 8.75. The van der Waals surface area contributed by atoms with E-state index in [1.807, 2.05) is 0 Å². The average molecular weight is 257 g/mol. The molecule has 1 aromatic heterocycles. The molecular formula is C16H23N3. The van der Waals surface area contributed by atoms with Crippen LogP contribution in [0.25, 0.3) is 0 Å². The van der Waals surface area contributed by atoms with E-state index >= 15 is 0 Å². The Hall–Kier alpha value is -1.43. The maximum atomic E-state index is 8.75. The van der Waals surface area contributed by atoms with E-state index in [4.69, 9.17) is 5.26 Å². The van der Waals surface area contributed by atoms with Gasteiger partial charge in [0.25, 0.3) is 0 Å². The van der Waals surface area contributed by atoms with E-state index in [1.54, 1.807) is 12.4 Å². The number of hydrogen-bond donors (Lipinski definition) is 0. The van der Waals surface area contributed by atoms with Crippen molar-refractivity contribution in [1.82, 2.24) is 9.97 Å². The Morgan fingerprint density at radius 3 is 2.42 bits per heavy atom. The summed E-state index contributed by atoms with van der Waals surface area (Å²) in [7, 11) is 0. The minimum Gasteiger partial charge on any atom is -0.240 e. The minimum atomic E-state index is 0.509. The molecule has 1 aliphatic rings. The Morgan fingerprint density at radius 1 is 1.16 bits per heavy atom. The van der Waals surface area contributed by atoms with Gasteiger partial charge in [-0.1, -0.05) is 32.6 Å². The monoisotopic (exact) mass is 257 g/mol. The number of rotatable bonds is 5. The third kappa shape index (κ3) is 4.02. The molecule has 0 spiro atoms. The van der Waals surface area contributed by atoms with Gasteiger partial charge < -0.3 is 0 Å². The van der Waals surface area contributed by atoms with Crippen LogP contribution in [0.2, 0.25) is 0 Å². The molecule has 0 saturated heterocycles. The van der Waals surface area contributed by atoms with Crippen molar-refractivity contribution < 1.29 is 0 Å². The number of nitrogens with zero attached hydrogens (tertiary/aromatic N) is 3. The fraction of sp³-hybridized carbons (Fsp3) is 0.688. The van der Waals surface area contributed by atoms with E-state index in [9.17, 15) is 0 Å². The van der Waals surface area contributed by atoms with Crippen LogP contribution in [0.5, 0.6) is 0 Å². The fourth-order valence-corrected chi connectivity index (χ4v) is 3.00. The first-order chi connectivity index (χ1) is 9.33. The maximum absolute atomic E-state index is 8.75. The van der Waals surface area contributed by atoms with Crippen molar-refractivity contribution in [3.05, 3.63) is 23.8 Å². The van der Waals surface area contributed by atoms with Gasteiger partial charge in [-0.3, -0.25) is 0 Å². The first kappa shape index (κ1) is 14.0. The number of nitriles is 1. The lowest BCUT2D eigenvalue weighted by Crippen LogP contribution is -2.15. The zero-order chi connectivity index (χ0) is 13.5. The molecule has 3 nitrogen and oxygen atoms in total. The van der Waals surface area contributed by atoms with Gasteiger partial charge in [0.15, 0.2) is 0 Å². The second-order valence-electron chi connectivity index (χ2n) is 5.66. The number of aromatic nitrogens is 2. The highest BCUT2D eigenvalue weighted by molar-refractivity contribution is 5.22. The van der Waals surface area contributed by atoms with Gasteiger partial charge in [0, 0.05) is 18.3 Å². The van der Waals surface area contributed by atoms with Gasteiger partial charge in [0.05, 0.1) is 5.56 Å². The predicted octanol–water partition coefficient (Wildman–Crippen LogP) is 4.20. The van der Waals surface area contributed by atoms with Crippen LogP contribution < -0.4 is 0 Å². The van der Waals surface area contributed by atoms with Gasteiger partial charge in [-0.05, 0) is 31.6 Å². The zero-order valence-corrected chi connectivity index (χ0v) is 11.8. The molecule has 0 unspecified atom stereocenters. The zero-order valence-electron chi connectivity index (χ0n) is 11.8. The predicted molar refractivity (Wildman–Crippen MR) is 75.6 cm³/mol. The molecular weight excluding hydrogens is 234 g/mol. The summed E-state index contributed by atoms with van der Waals surface area (Å²) in [5.74, 6) is 2.36. The number of hydrogen-bond acceptors (Lipinski definition) is 3. The topological polar surface area (TPSA) is 49.6 Å². The van der Waals surface area contributed by atoms with Crippen molar-refractivity contribution in [3.63, 3.8) is 0 Å². The van der Waals surface area contributed by atoms with Gasteiger partial charge in [0.1, 0.15) is 11.9 Å². The van der Waals surface area contributed by atoms with Crippen molar-refractivity contribution in [2.75, 3.05) is 0 Å². The third-order valence-electron chi connectivity index (χ3n) is 4.23. The minimum absolute atomic E-state index is 0.509. The first-order valence-corrected chi connectivity index (χ1v) is 7.55. The summed E-state index contributed by atoms with van der Waals surface area (Å²) in [6.45, 7) is 2.26. The Bertz CT molecular complexity index is 411. The summed E-state index contributed by atoms with van der Waals surface area (Å²) in [6.07, 6.45) is 13.8. The molecule has 1 aromatic rings. The van der Waals surface area contributed by atoms with Gasteiger partial charge in [0.2, 0.25) is 0 Å². The van der Waals surface area contributed by atoms with Crippen LogP contribution in [0.3, 0.4) is 0 Å². The molecule has 0 amide bonds. The molecule has 1 saturated carbocycles. The van der Waals surface area contributed by atoms with E-state index < -0.39 is 0 Å². The molecule has 0 aromatic carbocycles. The molecule has 0 N–H and O–H groups in total. The molecule has 0 aliphatic heterocycles. The molecule has 0 atom stereocenters. The Morgan fingerprint density at radius 2 is 1.84 bits per heavy atom. The maximum Gasteiger partial charge on any atom is 0.131 e.